The van der Waals surface area contributed by atoms with Crippen LogP contribution < -0.4 is 4.90 Å². The van der Waals surface area contributed by atoms with E-state index >= 15 is 0 Å². The van der Waals surface area contributed by atoms with Crippen LogP contribution in [0.15, 0.2) is 18.2 Å². The van der Waals surface area contributed by atoms with Gasteiger partial charge in [0.1, 0.15) is 5.82 Å². The van der Waals surface area contributed by atoms with Crippen molar-refractivity contribution in [1.29, 1.82) is 0 Å². The minimum Gasteiger partial charge on any atom is -0.368 e. The zero-order valence-electron chi connectivity index (χ0n) is 10.3. The molecule has 0 spiro atoms. The molecule has 1 unspecified atom stereocenters. The highest BCUT2D eigenvalue weighted by Crippen LogP contribution is 2.27. The van der Waals surface area contributed by atoms with Gasteiger partial charge in [0.2, 0.25) is 0 Å². The molecule has 0 radical (unpaired) electrons. The van der Waals surface area contributed by atoms with Crippen molar-refractivity contribution >= 4 is 5.69 Å². The van der Waals surface area contributed by atoms with Gasteiger partial charge in [0.25, 0.3) is 0 Å². The summed E-state index contributed by atoms with van der Waals surface area (Å²) >= 11 is 0. The number of hydrogen-bond donors (Lipinski definition) is 0. The standard InChI is InChI=1S/C14H19FN2/c1-11-9-12(15)4-5-14(11)17-8-7-16-6-2-3-13(16)10-17/h4-5,9,13H,2-3,6-8,10H2,1H3. The molecule has 0 aromatic heterocycles. The van der Waals surface area contributed by atoms with Crippen molar-refractivity contribution in [1.82, 2.24) is 4.90 Å². The second-order valence-corrected chi connectivity index (χ2v) is 5.21. The van der Waals surface area contributed by atoms with E-state index in [0.29, 0.717) is 6.04 Å². The Balaban J connectivity index is 1.80. The third kappa shape index (κ3) is 2.04. The predicted octanol–water partition coefficient (Wildman–Crippen LogP) is 2.42. The summed E-state index contributed by atoms with van der Waals surface area (Å²) in [6.45, 7) is 6.59. The van der Waals surface area contributed by atoms with Crippen LogP contribution >= 0.6 is 0 Å². The zero-order valence-corrected chi connectivity index (χ0v) is 10.3. The van der Waals surface area contributed by atoms with Gasteiger partial charge in [0, 0.05) is 31.4 Å². The highest BCUT2D eigenvalue weighted by atomic mass is 19.1. The second-order valence-electron chi connectivity index (χ2n) is 5.21. The van der Waals surface area contributed by atoms with E-state index in [1.807, 2.05) is 13.0 Å². The fourth-order valence-electron chi connectivity index (χ4n) is 3.18. The Morgan fingerprint density at radius 1 is 1.24 bits per heavy atom. The molecule has 92 valence electrons. The Labute approximate surface area is 102 Å². The first-order valence-corrected chi connectivity index (χ1v) is 6.49. The highest BCUT2D eigenvalue weighted by molar-refractivity contribution is 5.53. The molecule has 0 N–H and O–H groups in total. The lowest BCUT2D eigenvalue weighted by molar-refractivity contribution is 0.231. The van der Waals surface area contributed by atoms with Crippen LogP contribution in [0.2, 0.25) is 0 Å². The second kappa shape index (κ2) is 4.30. The lowest BCUT2D eigenvalue weighted by Gasteiger charge is -2.39. The Morgan fingerprint density at radius 2 is 2.12 bits per heavy atom. The molecule has 2 saturated heterocycles. The Morgan fingerprint density at radius 3 is 2.94 bits per heavy atom. The fraction of sp³-hybridized carbons (Fsp3) is 0.571. The SMILES string of the molecule is Cc1cc(F)ccc1N1CCN2CCCC2C1. The molecule has 2 heterocycles. The van der Waals surface area contributed by atoms with E-state index in [-0.39, 0.29) is 5.82 Å². The first-order valence-electron chi connectivity index (χ1n) is 6.49. The molecule has 0 bridgehead atoms. The van der Waals surface area contributed by atoms with Gasteiger partial charge in [0.15, 0.2) is 0 Å². The van der Waals surface area contributed by atoms with Gasteiger partial charge in [-0.25, -0.2) is 4.39 Å². The molecule has 0 saturated carbocycles. The van der Waals surface area contributed by atoms with E-state index in [0.717, 1.165) is 25.2 Å². The molecule has 2 nitrogen and oxygen atoms in total. The summed E-state index contributed by atoms with van der Waals surface area (Å²) in [5.74, 6) is -0.134. The van der Waals surface area contributed by atoms with Crippen LogP contribution in [0.3, 0.4) is 0 Å². The summed E-state index contributed by atoms with van der Waals surface area (Å²) in [6.07, 6.45) is 2.65. The van der Waals surface area contributed by atoms with Gasteiger partial charge in [-0.1, -0.05) is 0 Å². The number of aryl methyl sites for hydroxylation is 1. The number of fused-ring (bicyclic) bond motifs is 1. The fourth-order valence-corrected chi connectivity index (χ4v) is 3.18. The molecule has 2 fully saturated rings. The Hall–Kier alpha value is -1.09. The number of benzene rings is 1. The molecule has 2 aliphatic heterocycles. The van der Waals surface area contributed by atoms with Gasteiger partial charge in [0.05, 0.1) is 0 Å². The number of halogens is 1. The van der Waals surface area contributed by atoms with Crippen LogP contribution in [0.25, 0.3) is 0 Å². The van der Waals surface area contributed by atoms with Crippen molar-refractivity contribution in [2.24, 2.45) is 0 Å². The Kier molecular flexibility index (Phi) is 2.79. The molecule has 0 aliphatic carbocycles. The van der Waals surface area contributed by atoms with Crippen LogP contribution in [0, 0.1) is 12.7 Å². The molecular weight excluding hydrogens is 215 g/mol. The van der Waals surface area contributed by atoms with Gasteiger partial charge in [-0.2, -0.15) is 0 Å². The monoisotopic (exact) mass is 234 g/mol. The summed E-state index contributed by atoms with van der Waals surface area (Å²) in [6, 6.07) is 5.85. The zero-order chi connectivity index (χ0) is 11.8. The van der Waals surface area contributed by atoms with Crippen LogP contribution in [0.4, 0.5) is 10.1 Å². The normalized spacial score (nSPS) is 25.1. The number of nitrogens with zero attached hydrogens (tertiary/aromatic N) is 2. The predicted molar refractivity (Wildman–Crippen MR) is 67.9 cm³/mol. The summed E-state index contributed by atoms with van der Waals surface area (Å²) in [5.41, 5.74) is 2.26. The first kappa shape index (κ1) is 11.0. The van der Waals surface area contributed by atoms with E-state index in [1.54, 1.807) is 12.1 Å². The summed E-state index contributed by atoms with van der Waals surface area (Å²) in [4.78, 5) is 5.01. The largest absolute Gasteiger partial charge is 0.368 e. The van der Waals surface area contributed by atoms with Crippen molar-refractivity contribution in [3.8, 4) is 0 Å². The van der Waals surface area contributed by atoms with E-state index in [2.05, 4.69) is 9.80 Å². The smallest absolute Gasteiger partial charge is 0.123 e. The van der Waals surface area contributed by atoms with Gasteiger partial charge in [-0.15, -0.1) is 0 Å². The summed E-state index contributed by atoms with van der Waals surface area (Å²) in [7, 11) is 0. The maximum atomic E-state index is 13.1. The molecule has 17 heavy (non-hydrogen) atoms. The number of hydrogen-bond acceptors (Lipinski definition) is 2. The average molecular weight is 234 g/mol. The number of rotatable bonds is 1. The molecule has 3 rings (SSSR count). The van der Waals surface area contributed by atoms with Gasteiger partial charge in [-0.05, 0) is 50.1 Å². The molecule has 1 atom stereocenters. The van der Waals surface area contributed by atoms with Gasteiger partial charge < -0.3 is 4.90 Å². The quantitative estimate of drug-likeness (QED) is 0.736. The van der Waals surface area contributed by atoms with Gasteiger partial charge >= 0.3 is 0 Å². The van der Waals surface area contributed by atoms with Crippen LogP contribution in [0.1, 0.15) is 18.4 Å². The summed E-state index contributed by atoms with van der Waals surface area (Å²) < 4.78 is 13.1. The van der Waals surface area contributed by atoms with Crippen molar-refractivity contribution < 1.29 is 4.39 Å². The molecular formula is C14H19FN2. The van der Waals surface area contributed by atoms with Crippen LogP contribution in [0.5, 0.6) is 0 Å². The molecule has 3 heteroatoms. The van der Waals surface area contributed by atoms with Crippen LogP contribution in [-0.2, 0) is 0 Å². The number of piperazine rings is 1. The van der Waals surface area contributed by atoms with Crippen molar-refractivity contribution in [3.63, 3.8) is 0 Å². The molecule has 1 aromatic rings. The van der Waals surface area contributed by atoms with Crippen molar-refractivity contribution in [3.05, 3.63) is 29.6 Å². The maximum Gasteiger partial charge on any atom is 0.123 e. The lowest BCUT2D eigenvalue weighted by atomic mass is 10.1. The number of anilines is 1. The highest BCUT2D eigenvalue weighted by Gasteiger charge is 2.30. The maximum absolute atomic E-state index is 13.1. The van der Waals surface area contributed by atoms with E-state index in [4.69, 9.17) is 0 Å². The summed E-state index contributed by atoms with van der Waals surface area (Å²) in [5, 5.41) is 0. The molecule has 0 amide bonds. The van der Waals surface area contributed by atoms with E-state index in [1.165, 1.54) is 25.1 Å². The van der Waals surface area contributed by atoms with Crippen molar-refractivity contribution in [2.45, 2.75) is 25.8 Å². The van der Waals surface area contributed by atoms with Gasteiger partial charge in [-0.3, -0.25) is 4.90 Å². The third-order valence-electron chi connectivity index (χ3n) is 4.09. The minimum absolute atomic E-state index is 0.134. The molecule has 1 aromatic carbocycles. The lowest BCUT2D eigenvalue weighted by Crippen LogP contribution is -2.50. The molecule has 2 aliphatic rings. The minimum atomic E-state index is -0.134. The topological polar surface area (TPSA) is 6.48 Å². The van der Waals surface area contributed by atoms with E-state index < -0.39 is 0 Å². The van der Waals surface area contributed by atoms with Crippen molar-refractivity contribution in [2.75, 3.05) is 31.1 Å². The average Bonchev–Trinajstić information content (AvgIpc) is 2.75. The third-order valence-corrected chi connectivity index (χ3v) is 4.09. The van der Waals surface area contributed by atoms with Crippen LogP contribution in [-0.4, -0.2) is 37.1 Å². The van der Waals surface area contributed by atoms with E-state index in [9.17, 15) is 4.39 Å². The Bertz CT molecular complexity index is 419. The first-order chi connectivity index (χ1) is 8.24.